The van der Waals surface area contributed by atoms with E-state index in [1.165, 1.54) is 44.0 Å². The molecular formula is C62H71F2N15O6. The molecule has 4 aromatic heterocycles. The first kappa shape index (κ1) is 58.1. The van der Waals surface area contributed by atoms with Crippen molar-refractivity contribution in [1.82, 2.24) is 48.7 Å². The number of rotatable bonds is 13. The normalized spacial score (nSPS) is 19.9. The number of fused-ring (bicyclic) bond motifs is 2. The number of anilines is 4. The van der Waals surface area contributed by atoms with E-state index in [1.807, 2.05) is 18.2 Å². The van der Waals surface area contributed by atoms with E-state index in [9.17, 15) is 28.5 Å². The summed E-state index contributed by atoms with van der Waals surface area (Å²) in [5.74, 6) is -1.06. The zero-order valence-electron chi connectivity index (χ0n) is 48.2. The largest absolute Gasteiger partial charge is 0.495 e. The van der Waals surface area contributed by atoms with Gasteiger partial charge in [-0.3, -0.25) is 29.5 Å². The summed E-state index contributed by atoms with van der Waals surface area (Å²) in [6.07, 6.45) is 16.1. The van der Waals surface area contributed by atoms with Crippen molar-refractivity contribution < 1.29 is 32.8 Å². The lowest BCUT2D eigenvalue weighted by Gasteiger charge is -2.41. The van der Waals surface area contributed by atoms with Crippen LogP contribution in [0.1, 0.15) is 84.2 Å². The van der Waals surface area contributed by atoms with Crippen molar-refractivity contribution in [2.45, 2.75) is 75.5 Å². The highest BCUT2D eigenvalue weighted by atomic mass is 19.1. The Morgan fingerprint density at radius 2 is 1.01 bits per heavy atom. The number of ether oxygens (including phenoxy) is 2. The molecule has 0 spiro atoms. The predicted molar refractivity (Wildman–Crippen MR) is 324 cm³/mol. The third-order valence-electron chi connectivity index (χ3n) is 17.5. The first-order valence-corrected chi connectivity index (χ1v) is 28.9. The summed E-state index contributed by atoms with van der Waals surface area (Å²) < 4.78 is 43.6. The second kappa shape index (κ2) is 25.3. The molecule has 2 saturated heterocycles. The van der Waals surface area contributed by atoms with Gasteiger partial charge in [0.05, 0.1) is 46.9 Å². The summed E-state index contributed by atoms with van der Waals surface area (Å²) in [5.41, 5.74) is 18.5. The van der Waals surface area contributed by atoms with E-state index >= 15 is 0 Å². The molecule has 2 saturated carbocycles. The Hall–Kier alpha value is -8.64. The van der Waals surface area contributed by atoms with Crippen molar-refractivity contribution >= 4 is 62.6 Å². The number of carbonyl (C=O) groups excluding carboxylic acids is 2. The molecule has 6 heterocycles. The lowest BCUT2D eigenvalue weighted by atomic mass is 9.89. The minimum atomic E-state index is -0.815. The molecule has 23 heteroatoms. The van der Waals surface area contributed by atoms with E-state index < -0.39 is 33.9 Å². The van der Waals surface area contributed by atoms with E-state index in [2.05, 4.69) is 85.8 Å². The number of nitrogens with zero attached hydrogens (tertiary/aromatic N) is 11. The van der Waals surface area contributed by atoms with Crippen molar-refractivity contribution in [3.05, 3.63) is 137 Å². The van der Waals surface area contributed by atoms with Crippen molar-refractivity contribution in [3.8, 4) is 33.8 Å². The van der Waals surface area contributed by atoms with Crippen LogP contribution in [0.5, 0.6) is 11.5 Å². The fourth-order valence-corrected chi connectivity index (χ4v) is 12.7. The van der Waals surface area contributed by atoms with E-state index in [0.717, 1.165) is 166 Å². The number of hydrogen-bond acceptors (Lipinski definition) is 16. The van der Waals surface area contributed by atoms with Gasteiger partial charge < -0.3 is 50.5 Å². The maximum Gasteiger partial charge on any atom is 0.269 e. The highest BCUT2D eigenvalue weighted by molar-refractivity contribution is 6.07. The lowest BCUT2D eigenvalue weighted by molar-refractivity contribution is -0.384. The van der Waals surface area contributed by atoms with Crippen LogP contribution in [0.3, 0.4) is 0 Å². The molecule has 0 unspecified atom stereocenters. The molecule has 85 heavy (non-hydrogen) atoms. The van der Waals surface area contributed by atoms with Gasteiger partial charge in [0.15, 0.2) is 0 Å². The molecule has 0 atom stereocenters. The van der Waals surface area contributed by atoms with Crippen molar-refractivity contribution in [1.29, 1.82) is 0 Å². The molecule has 4 aromatic carbocycles. The minimum absolute atomic E-state index is 0.0797. The number of nitrogens with one attached hydrogen (secondary N) is 2. The number of halogens is 2. The summed E-state index contributed by atoms with van der Waals surface area (Å²) in [5, 5.41) is 18.0. The second-order valence-electron chi connectivity index (χ2n) is 22.6. The standard InChI is InChI=1S/C31H35F2N7O2.C31H36N8O4/c1-38-11-13-39(14-12-38)21-5-7-22(8-6-21)40-17-24(28-29(34)35-18-36-30(28)40)19-3-10-26(27(15-19)42-2)37-31(41)23-16-20(32)4-9-25(23)33;1-36-13-15-37(16-14-36)22-8-10-23(11-9-22)38-18-25(28-29(32)33-19-34-30(28)38)21-5-12-26(27(17-21)43-2)35-31(40)20-3-6-24(7-4-20)39(41)42/h3-4,9-10,15-18,21-22H,5-8,11-14H2,1-2H3,(H,37,41)(H2,34,35,36);3-7,12,17-19,22-23H,8-11,13-16H2,1-2H3,(H,35,40)(H2,32,33,34). The molecule has 4 aliphatic rings. The summed E-state index contributed by atoms with van der Waals surface area (Å²) in [7, 11) is 7.40. The number of carbonyl (C=O) groups is 2. The highest BCUT2D eigenvalue weighted by Crippen LogP contribution is 2.43. The molecule has 0 bridgehead atoms. The van der Waals surface area contributed by atoms with Crippen LogP contribution in [0.4, 0.5) is 37.5 Å². The quantitative estimate of drug-likeness (QED) is 0.0620. The number of nitro benzene ring substituents is 1. The molecule has 8 aromatic rings. The van der Waals surface area contributed by atoms with E-state index in [1.54, 1.807) is 25.3 Å². The van der Waals surface area contributed by atoms with Gasteiger partial charge in [-0.05, 0) is 131 Å². The van der Waals surface area contributed by atoms with Gasteiger partial charge in [-0.25, -0.2) is 28.7 Å². The van der Waals surface area contributed by atoms with E-state index in [-0.39, 0.29) is 5.69 Å². The van der Waals surface area contributed by atoms with Crippen LogP contribution < -0.4 is 31.6 Å². The predicted octanol–water partition coefficient (Wildman–Crippen LogP) is 9.53. The molecule has 0 radical (unpaired) electrons. The number of nitrogen functional groups attached to an aromatic ring is 2. The maximum atomic E-state index is 14.2. The Morgan fingerprint density at radius 3 is 1.45 bits per heavy atom. The molecule has 444 valence electrons. The number of nitro groups is 1. The Balaban J connectivity index is 0.000000177. The minimum Gasteiger partial charge on any atom is -0.495 e. The van der Waals surface area contributed by atoms with Gasteiger partial charge in [0.1, 0.15) is 58.7 Å². The average molecular weight is 1160 g/mol. The zero-order valence-corrected chi connectivity index (χ0v) is 48.2. The second-order valence-corrected chi connectivity index (χ2v) is 22.6. The van der Waals surface area contributed by atoms with Crippen LogP contribution in [-0.4, -0.2) is 158 Å². The van der Waals surface area contributed by atoms with Gasteiger partial charge in [-0.2, -0.15) is 0 Å². The SMILES string of the molecule is COc1cc(-c2cn(C3CCC(N4CCN(C)CC4)CC3)c3ncnc(N)c23)ccc1NC(=O)c1cc(F)ccc1F.COc1cc(-c2cn(C3CCC(N4CCN(C)CC4)CC3)c3ncnc(N)c23)ccc1NC(=O)c1ccc([N+](=O)[O-])cc1. The fourth-order valence-electron chi connectivity index (χ4n) is 12.7. The third kappa shape index (κ3) is 12.5. The summed E-state index contributed by atoms with van der Waals surface area (Å²) in [6.45, 7) is 9.03. The summed E-state index contributed by atoms with van der Waals surface area (Å²) in [6, 6.07) is 20.9. The number of methoxy groups -OCH3 is 2. The third-order valence-corrected chi connectivity index (χ3v) is 17.5. The Morgan fingerprint density at radius 1 is 0.576 bits per heavy atom. The van der Waals surface area contributed by atoms with Gasteiger partial charge in [-0.1, -0.05) is 12.1 Å². The Bertz CT molecular complexity index is 3730. The van der Waals surface area contributed by atoms with Crippen molar-refractivity contribution in [3.63, 3.8) is 0 Å². The number of benzene rings is 4. The number of non-ortho nitro benzene ring substituents is 1. The Kier molecular flexibility index (Phi) is 17.3. The molecule has 2 amide bonds. The molecule has 2 aliphatic carbocycles. The number of piperazine rings is 2. The smallest absolute Gasteiger partial charge is 0.269 e. The van der Waals surface area contributed by atoms with Crippen LogP contribution >= 0.6 is 0 Å². The van der Waals surface area contributed by atoms with E-state index in [0.29, 0.717) is 64.2 Å². The van der Waals surface area contributed by atoms with Gasteiger partial charge in [-0.15, -0.1) is 0 Å². The molecular weight excluding hydrogens is 1090 g/mol. The van der Waals surface area contributed by atoms with E-state index in [4.69, 9.17) is 20.9 Å². The molecule has 2 aliphatic heterocycles. The monoisotopic (exact) mass is 1160 g/mol. The average Bonchev–Trinajstić information content (AvgIpc) is 2.09. The van der Waals surface area contributed by atoms with Crippen LogP contribution in [-0.2, 0) is 0 Å². The zero-order chi connectivity index (χ0) is 59.5. The molecule has 6 N–H and O–H groups in total. The van der Waals surface area contributed by atoms with Crippen molar-refractivity contribution in [2.24, 2.45) is 0 Å². The van der Waals surface area contributed by atoms with Crippen LogP contribution in [0.15, 0.2) is 104 Å². The maximum absolute atomic E-state index is 14.2. The van der Waals surface area contributed by atoms with Gasteiger partial charge in [0.25, 0.3) is 17.5 Å². The fraction of sp³-hybridized carbons (Fsp3) is 0.387. The molecule has 12 rings (SSSR count). The number of aromatic nitrogens is 6. The van der Waals surface area contributed by atoms with Gasteiger partial charge in [0.2, 0.25) is 0 Å². The van der Waals surface area contributed by atoms with Gasteiger partial charge >= 0.3 is 0 Å². The van der Waals surface area contributed by atoms with Gasteiger partial charge in [0, 0.05) is 118 Å². The van der Waals surface area contributed by atoms with Crippen molar-refractivity contribution in [2.75, 3.05) is 103 Å². The summed E-state index contributed by atoms with van der Waals surface area (Å²) in [4.78, 5) is 64.0. The number of hydrogen-bond donors (Lipinski definition) is 4. The first-order chi connectivity index (χ1) is 41.1. The molecule has 4 fully saturated rings. The van der Waals surface area contributed by atoms with Crippen LogP contribution in [0.2, 0.25) is 0 Å². The Labute approximate surface area is 491 Å². The first-order valence-electron chi connectivity index (χ1n) is 28.9. The van der Waals surface area contributed by atoms with Crippen LogP contribution in [0, 0.1) is 21.7 Å². The molecule has 21 nitrogen and oxygen atoms in total. The number of nitrogens with two attached hydrogens (primary N) is 2. The number of amides is 2. The highest BCUT2D eigenvalue weighted by Gasteiger charge is 2.32. The topological polar surface area (TPSA) is 246 Å². The lowest BCUT2D eigenvalue weighted by Crippen LogP contribution is -2.49. The summed E-state index contributed by atoms with van der Waals surface area (Å²) >= 11 is 0. The van der Waals surface area contributed by atoms with Crippen LogP contribution in [0.25, 0.3) is 44.3 Å². The number of likely N-dealkylation sites (N-methyl/N-ethyl adjacent to an activating group) is 2.